The summed E-state index contributed by atoms with van der Waals surface area (Å²) in [4.78, 5) is 14.8. The van der Waals surface area contributed by atoms with Gasteiger partial charge in [-0.2, -0.15) is 0 Å². The monoisotopic (exact) mass is 401 g/mol. The minimum atomic E-state index is 0.0481. The highest BCUT2D eigenvalue weighted by atomic mass is 32.2. The molecule has 0 aromatic carbocycles. The van der Waals surface area contributed by atoms with Gasteiger partial charge in [0.05, 0.1) is 18.6 Å². The van der Waals surface area contributed by atoms with E-state index in [4.69, 9.17) is 8.83 Å². The molecular weight excluding hydrogens is 374 g/mol. The Morgan fingerprint density at radius 3 is 2.82 bits per heavy atom. The highest BCUT2D eigenvalue weighted by Crippen LogP contribution is 2.33. The lowest BCUT2D eigenvalue weighted by molar-refractivity contribution is -0.127. The molecule has 6 nitrogen and oxygen atoms in total. The molecule has 2 aromatic rings. The van der Waals surface area contributed by atoms with Gasteiger partial charge in [0.25, 0.3) is 5.22 Å². The molecule has 0 spiro atoms. The predicted octanol–water partition coefficient (Wildman–Crippen LogP) is 5.29. The Morgan fingerprint density at radius 1 is 1.18 bits per heavy atom. The molecule has 0 bridgehead atoms. The molecule has 0 aliphatic heterocycles. The maximum Gasteiger partial charge on any atom is 0.277 e. The second-order valence-corrected chi connectivity index (χ2v) is 8.46. The van der Waals surface area contributed by atoms with Gasteiger partial charge in [0.1, 0.15) is 5.76 Å². The lowest BCUT2D eigenvalue weighted by atomic mass is 9.89. The van der Waals surface area contributed by atoms with Gasteiger partial charge in [0.2, 0.25) is 11.8 Å². The van der Waals surface area contributed by atoms with Gasteiger partial charge < -0.3 is 13.7 Å². The summed E-state index contributed by atoms with van der Waals surface area (Å²) in [6.45, 7) is 0.468. The minimum absolute atomic E-state index is 0.0481. The van der Waals surface area contributed by atoms with Crippen LogP contribution in [-0.2, 0) is 11.3 Å². The third kappa shape index (κ3) is 4.87. The quantitative estimate of drug-likeness (QED) is 0.587. The van der Waals surface area contributed by atoms with Gasteiger partial charge in [-0.05, 0) is 50.7 Å². The zero-order chi connectivity index (χ0) is 19.2. The van der Waals surface area contributed by atoms with Crippen LogP contribution in [0.2, 0.25) is 0 Å². The van der Waals surface area contributed by atoms with Crippen molar-refractivity contribution in [3.8, 4) is 0 Å². The smallest absolute Gasteiger partial charge is 0.277 e. The number of carbonyl (C=O) groups excluding carboxylic acids is 1. The van der Waals surface area contributed by atoms with Crippen LogP contribution in [0.3, 0.4) is 0 Å². The largest absolute Gasteiger partial charge is 0.467 e. The van der Waals surface area contributed by atoms with Crippen molar-refractivity contribution in [2.75, 3.05) is 5.75 Å². The summed E-state index contributed by atoms with van der Waals surface area (Å²) >= 11 is 1.33. The van der Waals surface area contributed by atoms with E-state index in [-0.39, 0.29) is 11.7 Å². The third-order valence-electron chi connectivity index (χ3n) is 5.50. The molecule has 2 aliphatic rings. The fraction of sp³-hybridized carbons (Fsp3) is 0.571. The zero-order valence-corrected chi connectivity index (χ0v) is 17.0. The zero-order valence-electron chi connectivity index (χ0n) is 16.1. The average Bonchev–Trinajstić information content (AvgIpc) is 3.44. The number of rotatable bonds is 7. The topological polar surface area (TPSA) is 72.4 Å². The number of hydrogen-bond acceptors (Lipinski definition) is 6. The Bertz CT molecular complexity index is 794. The third-order valence-corrected chi connectivity index (χ3v) is 6.31. The van der Waals surface area contributed by atoms with E-state index >= 15 is 0 Å². The van der Waals surface area contributed by atoms with Crippen LogP contribution in [0.5, 0.6) is 0 Å². The Kier molecular flexibility index (Phi) is 6.52. The summed E-state index contributed by atoms with van der Waals surface area (Å²) < 4.78 is 11.3. The van der Waals surface area contributed by atoms with Gasteiger partial charge >= 0.3 is 0 Å². The first-order valence-electron chi connectivity index (χ1n) is 10.3. The van der Waals surface area contributed by atoms with Crippen molar-refractivity contribution in [3.05, 3.63) is 41.8 Å². The summed E-state index contributed by atoms with van der Waals surface area (Å²) in [7, 11) is 0. The maximum absolute atomic E-state index is 13.0. The van der Waals surface area contributed by atoms with Gasteiger partial charge in [-0.25, -0.2) is 0 Å². The second kappa shape index (κ2) is 9.45. The van der Waals surface area contributed by atoms with E-state index in [2.05, 4.69) is 16.3 Å². The van der Waals surface area contributed by atoms with Crippen LogP contribution < -0.4 is 0 Å². The number of hydrogen-bond donors (Lipinski definition) is 0. The second-order valence-electron chi connectivity index (χ2n) is 7.53. The van der Waals surface area contributed by atoms with Crippen molar-refractivity contribution >= 4 is 17.7 Å². The number of thioether (sulfide) groups is 1. The first-order valence-corrected chi connectivity index (χ1v) is 11.3. The lowest BCUT2D eigenvalue weighted by Crippen LogP contribution is -2.32. The molecule has 4 rings (SSSR count). The number of aromatic nitrogens is 2. The van der Waals surface area contributed by atoms with Crippen LogP contribution in [0.4, 0.5) is 0 Å². The summed E-state index contributed by atoms with van der Waals surface area (Å²) in [5, 5.41) is 8.87. The molecule has 28 heavy (non-hydrogen) atoms. The van der Waals surface area contributed by atoms with E-state index in [1.807, 2.05) is 17.0 Å². The molecule has 2 aromatic heterocycles. The molecule has 2 heterocycles. The van der Waals surface area contributed by atoms with Crippen LogP contribution in [0.25, 0.3) is 0 Å². The molecule has 0 radical (unpaired) electrons. The van der Waals surface area contributed by atoms with E-state index in [0.29, 0.717) is 17.7 Å². The van der Waals surface area contributed by atoms with Crippen LogP contribution >= 0.6 is 11.8 Å². The Morgan fingerprint density at radius 2 is 2.07 bits per heavy atom. The van der Waals surface area contributed by atoms with Crippen molar-refractivity contribution in [2.45, 2.75) is 75.5 Å². The Hall–Kier alpha value is -2.02. The van der Waals surface area contributed by atoms with Crippen LogP contribution in [-0.4, -0.2) is 26.8 Å². The molecule has 1 saturated carbocycles. The summed E-state index contributed by atoms with van der Waals surface area (Å²) in [5.74, 6) is 2.24. The average molecular weight is 402 g/mol. The molecule has 0 unspecified atom stereocenters. The molecule has 1 amide bonds. The van der Waals surface area contributed by atoms with Crippen molar-refractivity contribution in [3.63, 3.8) is 0 Å². The maximum atomic E-state index is 13.0. The molecule has 150 valence electrons. The lowest BCUT2D eigenvalue weighted by Gasteiger charge is -2.26. The number of amides is 1. The van der Waals surface area contributed by atoms with Crippen molar-refractivity contribution < 1.29 is 13.6 Å². The van der Waals surface area contributed by atoms with Crippen LogP contribution in [0, 0.1) is 0 Å². The van der Waals surface area contributed by atoms with E-state index in [0.717, 1.165) is 49.5 Å². The van der Waals surface area contributed by atoms with E-state index in [1.54, 1.807) is 6.26 Å². The fourth-order valence-electron chi connectivity index (χ4n) is 3.97. The first-order chi connectivity index (χ1) is 13.8. The highest BCUT2D eigenvalue weighted by Gasteiger charge is 2.24. The van der Waals surface area contributed by atoms with Gasteiger partial charge in [-0.1, -0.05) is 37.1 Å². The summed E-state index contributed by atoms with van der Waals surface area (Å²) in [6, 6.07) is 3.76. The van der Waals surface area contributed by atoms with E-state index in [1.165, 1.54) is 37.4 Å². The fourth-order valence-corrected chi connectivity index (χ4v) is 4.61. The summed E-state index contributed by atoms with van der Waals surface area (Å²) in [6.07, 6.45) is 14.1. The normalized spacial score (nSPS) is 18.1. The predicted molar refractivity (Wildman–Crippen MR) is 107 cm³/mol. The Balaban J connectivity index is 1.38. The molecule has 2 aliphatic carbocycles. The molecule has 0 saturated heterocycles. The number of nitrogens with zero attached hydrogens (tertiary/aromatic N) is 3. The molecule has 0 N–H and O–H groups in total. The van der Waals surface area contributed by atoms with Gasteiger partial charge in [-0.15, -0.1) is 10.2 Å². The van der Waals surface area contributed by atoms with E-state index < -0.39 is 0 Å². The van der Waals surface area contributed by atoms with Crippen molar-refractivity contribution in [1.82, 2.24) is 15.1 Å². The van der Waals surface area contributed by atoms with Gasteiger partial charge in [0.15, 0.2) is 0 Å². The molecular formula is C21H27N3O3S. The standard InChI is InChI=1S/C21H27N3O3S/c25-19(15-28-21-23-22-20(27-21)16-8-3-1-4-9-16)24(14-18-12-7-13-26-18)17-10-5-2-6-11-17/h7,10,12-13,16H,1-6,8-9,11,14-15H2. The van der Waals surface area contributed by atoms with E-state index in [9.17, 15) is 4.79 Å². The van der Waals surface area contributed by atoms with Gasteiger partial charge in [-0.3, -0.25) is 4.79 Å². The molecule has 7 heteroatoms. The minimum Gasteiger partial charge on any atom is -0.467 e. The number of carbonyl (C=O) groups is 1. The molecule has 1 fully saturated rings. The SMILES string of the molecule is O=C(CSc1nnc(C2CCCCC2)o1)N(Cc1ccco1)C1=CCCCC1. The molecule has 0 atom stereocenters. The summed E-state index contributed by atoms with van der Waals surface area (Å²) in [5.41, 5.74) is 1.10. The van der Waals surface area contributed by atoms with Crippen molar-refractivity contribution in [2.24, 2.45) is 0 Å². The number of allylic oxidation sites excluding steroid dienone is 2. The highest BCUT2D eigenvalue weighted by molar-refractivity contribution is 7.99. The van der Waals surface area contributed by atoms with Gasteiger partial charge in [0, 0.05) is 11.6 Å². The first kappa shape index (κ1) is 19.3. The Labute approximate surface area is 169 Å². The number of furan rings is 1. The van der Waals surface area contributed by atoms with Crippen LogP contribution in [0.1, 0.15) is 75.4 Å². The van der Waals surface area contributed by atoms with Crippen molar-refractivity contribution in [1.29, 1.82) is 0 Å². The van der Waals surface area contributed by atoms with Crippen LogP contribution in [0.15, 0.2) is 44.2 Å².